The van der Waals surface area contributed by atoms with Gasteiger partial charge in [0.05, 0.1) is 11.4 Å². The Hall–Kier alpha value is -2.84. The van der Waals surface area contributed by atoms with E-state index in [1.54, 1.807) is 4.68 Å². The highest BCUT2D eigenvalue weighted by molar-refractivity contribution is 5.65. The standard InChI is InChI=1S/C8H7N9/c1-2-4-7(17-5-9-13-16-17)6(3-1)10-8-11-14-15-12-8/h1-5H,(H2,10,11,12,14,15). The summed E-state index contributed by atoms with van der Waals surface area (Å²) in [6.45, 7) is 0. The number of benzene rings is 1. The van der Waals surface area contributed by atoms with Crippen LogP contribution in [0.3, 0.4) is 0 Å². The van der Waals surface area contributed by atoms with Crippen molar-refractivity contribution in [3.05, 3.63) is 30.6 Å². The first-order valence-electron chi connectivity index (χ1n) is 4.76. The van der Waals surface area contributed by atoms with Crippen LogP contribution in [0.4, 0.5) is 11.6 Å². The van der Waals surface area contributed by atoms with Gasteiger partial charge < -0.3 is 5.32 Å². The monoisotopic (exact) mass is 229 g/mol. The molecule has 0 bridgehead atoms. The quantitative estimate of drug-likeness (QED) is 0.646. The molecule has 0 aliphatic rings. The number of aromatic amines is 1. The Balaban J connectivity index is 1.99. The third-order valence-corrected chi connectivity index (χ3v) is 2.09. The molecule has 3 rings (SSSR count). The van der Waals surface area contributed by atoms with Crippen molar-refractivity contribution in [1.82, 2.24) is 40.8 Å². The van der Waals surface area contributed by atoms with Gasteiger partial charge in [-0.25, -0.2) is 0 Å². The summed E-state index contributed by atoms with van der Waals surface area (Å²) in [5.41, 5.74) is 1.57. The van der Waals surface area contributed by atoms with Gasteiger partial charge in [0.1, 0.15) is 6.33 Å². The van der Waals surface area contributed by atoms with E-state index in [1.807, 2.05) is 24.3 Å². The SMILES string of the molecule is c1ccc(-n2cnnn2)c(Nc2nn[nH]n2)c1. The molecule has 0 radical (unpaired) electrons. The molecular weight excluding hydrogens is 222 g/mol. The zero-order valence-corrected chi connectivity index (χ0v) is 8.52. The molecule has 17 heavy (non-hydrogen) atoms. The number of hydrogen-bond acceptors (Lipinski definition) is 7. The molecule has 0 fully saturated rings. The first-order valence-corrected chi connectivity index (χ1v) is 4.76. The van der Waals surface area contributed by atoms with Crippen LogP contribution in [0.15, 0.2) is 30.6 Å². The van der Waals surface area contributed by atoms with Crippen LogP contribution in [-0.4, -0.2) is 40.8 Å². The van der Waals surface area contributed by atoms with Gasteiger partial charge in [-0.15, -0.1) is 10.2 Å². The fourth-order valence-electron chi connectivity index (χ4n) is 1.39. The van der Waals surface area contributed by atoms with E-state index in [0.717, 1.165) is 11.4 Å². The summed E-state index contributed by atoms with van der Waals surface area (Å²) in [4.78, 5) is 0. The van der Waals surface area contributed by atoms with Crippen molar-refractivity contribution >= 4 is 11.6 Å². The Morgan fingerprint density at radius 3 is 2.94 bits per heavy atom. The normalized spacial score (nSPS) is 10.4. The average molecular weight is 229 g/mol. The van der Waals surface area contributed by atoms with Crippen molar-refractivity contribution in [2.24, 2.45) is 0 Å². The lowest BCUT2D eigenvalue weighted by atomic mass is 10.2. The van der Waals surface area contributed by atoms with Crippen molar-refractivity contribution in [2.75, 3.05) is 5.32 Å². The minimum absolute atomic E-state index is 0.380. The van der Waals surface area contributed by atoms with Crippen LogP contribution in [0, 0.1) is 0 Å². The van der Waals surface area contributed by atoms with Crippen molar-refractivity contribution in [1.29, 1.82) is 0 Å². The second kappa shape index (κ2) is 3.96. The summed E-state index contributed by atoms with van der Waals surface area (Å²) in [5, 5.41) is 27.5. The van der Waals surface area contributed by atoms with E-state index in [-0.39, 0.29) is 0 Å². The van der Waals surface area contributed by atoms with Crippen LogP contribution < -0.4 is 5.32 Å². The molecule has 0 spiro atoms. The van der Waals surface area contributed by atoms with Gasteiger partial charge in [-0.05, 0) is 27.8 Å². The lowest BCUT2D eigenvalue weighted by molar-refractivity contribution is 0.790. The van der Waals surface area contributed by atoms with Crippen molar-refractivity contribution in [3.63, 3.8) is 0 Å². The molecule has 0 saturated heterocycles. The molecule has 84 valence electrons. The molecule has 0 saturated carbocycles. The number of rotatable bonds is 3. The predicted molar refractivity (Wildman–Crippen MR) is 56.6 cm³/mol. The van der Waals surface area contributed by atoms with Crippen LogP contribution in [0.5, 0.6) is 0 Å². The van der Waals surface area contributed by atoms with E-state index < -0.39 is 0 Å². The Labute approximate surface area is 94.9 Å². The Bertz CT molecular complexity index is 585. The zero-order valence-electron chi connectivity index (χ0n) is 8.52. The van der Waals surface area contributed by atoms with Gasteiger partial charge in [-0.2, -0.15) is 9.90 Å². The lowest BCUT2D eigenvalue weighted by Crippen LogP contribution is -2.01. The molecule has 9 nitrogen and oxygen atoms in total. The number of hydrogen-bond donors (Lipinski definition) is 2. The maximum absolute atomic E-state index is 3.83. The van der Waals surface area contributed by atoms with Crippen LogP contribution in [-0.2, 0) is 0 Å². The number of tetrazole rings is 2. The van der Waals surface area contributed by atoms with E-state index in [2.05, 4.69) is 41.5 Å². The minimum atomic E-state index is 0.380. The number of H-pyrrole nitrogens is 1. The largest absolute Gasteiger partial charge is 0.320 e. The van der Waals surface area contributed by atoms with Gasteiger partial charge in [-0.3, -0.25) is 0 Å². The molecule has 0 atom stereocenters. The van der Waals surface area contributed by atoms with Crippen LogP contribution in [0.2, 0.25) is 0 Å². The number of nitrogens with zero attached hydrogens (tertiary/aromatic N) is 7. The highest BCUT2D eigenvalue weighted by atomic mass is 15.5. The molecule has 2 N–H and O–H groups in total. The molecule has 3 aromatic rings. The summed E-state index contributed by atoms with van der Waals surface area (Å²) >= 11 is 0. The maximum atomic E-state index is 3.83. The van der Waals surface area contributed by atoms with Crippen molar-refractivity contribution in [2.45, 2.75) is 0 Å². The molecule has 1 aromatic carbocycles. The third-order valence-electron chi connectivity index (χ3n) is 2.09. The number of nitrogens with one attached hydrogen (secondary N) is 2. The van der Waals surface area contributed by atoms with Gasteiger partial charge >= 0.3 is 0 Å². The summed E-state index contributed by atoms with van der Waals surface area (Å²) in [6, 6.07) is 7.51. The van der Waals surface area contributed by atoms with E-state index >= 15 is 0 Å². The minimum Gasteiger partial charge on any atom is -0.320 e. The average Bonchev–Trinajstić information content (AvgIpc) is 3.01. The fourth-order valence-corrected chi connectivity index (χ4v) is 1.39. The number of para-hydroxylation sites is 2. The summed E-state index contributed by atoms with van der Waals surface area (Å²) in [7, 11) is 0. The predicted octanol–water partition coefficient (Wildman–Crippen LogP) is -0.0810. The second-order valence-corrected chi connectivity index (χ2v) is 3.13. The summed E-state index contributed by atoms with van der Waals surface area (Å²) in [5.74, 6) is 0.380. The van der Waals surface area contributed by atoms with Crippen LogP contribution in [0.1, 0.15) is 0 Å². The fraction of sp³-hybridized carbons (Fsp3) is 0. The van der Waals surface area contributed by atoms with Gasteiger partial charge in [0.25, 0.3) is 5.95 Å². The van der Waals surface area contributed by atoms with Crippen molar-refractivity contribution in [3.8, 4) is 5.69 Å². The van der Waals surface area contributed by atoms with E-state index in [9.17, 15) is 0 Å². The molecular formula is C8H7N9. The summed E-state index contributed by atoms with van der Waals surface area (Å²) < 4.78 is 1.54. The summed E-state index contributed by atoms with van der Waals surface area (Å²) in [6.07, 6.45) is 1.51. The molecule has 2 aromatic heterocycles. The molecule has 9 heteroatoms. The third kappa shape index (κ3) is 1.80. The van der Waals surface area contributed by atoms with Crippen LogP contribution >= 0.6 is 0 Å². The van der Waals surface area contributed by atoms with Gasteiger partial charge in [-0.1, -0.05) is 17.2 Å². The van der Waals surface area contributed by atoms with Gasteiger partial charge in [0, 0.05) is 0 Å². The molecule has 0 unspecified atom stereocenters. The second-order valence-electron chi connectivity index (χ2n) is 3.13. The maximum Gasteiger partial charge on any atom is 0.267 e. The highest BCUT2D eigenvalue weighted by Crippen LogP contribution is 2.20. The highest BCUT2D eigenvalue weighted by Gasteiger charge is 2.06. The molecule has 2 heterocycles. The number of anilines is 2. The topological polar surface area (TPSA) is 110 Å². The van der Waals surface area contributed by atoms with Gasteiger partial charge in [0.15, 0.2) is 0 Å². The van der Waals surface area contributed by atoms with E-state index in [0.29, 0.717) is 5.95 Å². The molecule has 0 aliphatic carbocycles. The first-order chi connectivity index (χ1) is 8.43. The lowest BCUT2D eigenvalue weighted by Gasteiger charge is -2.07. The smallest absolute Gasteiger partial charge is 0.267 e. The van der Waals surface area contributed by atoms with Gasteiger partial charge in [0.2, 0.25) is 0 Å². The van der Waals surface area contributed by atoms with Crippen LogP contribution in [0.25, 0.3) is 5.69 Å². The molecule has 0 amide bonds. The molecule has 0 aliphatic heterocycles. The first kappa shape index (κ1) is 9.39. The Morgan fingerprint density at radius 2 is 2.18 bits per heavy atom. The van der Waals surface area contributed by atoms with E-state index in [4.69, 9.17) is 0 Å². The van der Waals surface area contributed by atoms with E-state index in [1.165, 1.54) is 6.33 Å². The Morgan fingerprint density at radius 1 is 1.24 bits per heavy atom. The van der Waals surface area contributed by atoms with Crippen molar-refractivity contribution < 1.29 is 0 Å². The zero-order chi connectivity index (χ0) is 11.5. The Kier molecular flexibility index (Phi) is 2.19. The number of aromatic nitrogens is 8.